The van der Waals surface area contributed by atoms with Crippen LogP contribution >= 0.6 is 0 Å². The molecule has 3 aliphatic rings. The van der Waals surface area contributed by atoms with Crippen LogP contribution in [-0.4, -0.2) is 53.3 Å². The summed E-state index contributed by atoms with van der Waals surface area (Å²) in [6.07, 6.45) is 0.613. The molecule has 2 fully saturated rings. The Kier molecular flexibility index (Phi) is 3.91. The van der Waals surface area contributed by atoms with E-state index < -0.39 is 11.7 Å². The Labute approximate surface area is 163 Å². The van der Waals surface area contributed by atoms with Gasteiger partial charge in [-0.15, -0.1) is 0 Å². The van der Waals surface area contributed by atoms with E-state index in [1.54, 1.807) is 0 Å². The lowest BCUT2D eigenvalue weighted by molar-refractivity contribution is -0.125. The molecule has 2 heterocycles. The molecule has 2 N–H and O–H groups in total. The van der Waals surface area contributed by atoms with Crippen LogP contribution in [0, 0.1) is 0 Å². The average molecular weight is 378 g/mol. The Hall–Kier alpha value is -2.86. The van der Waals surface area contributed by atoms with Crippen LogP contribution in [0.5, 0.6) is 0 Å². The van der Waals surface area contributed by atoms with E-state index >= 15 is 0 Å². The Bertz CT molecular complexity index is 906. The van der Waals surface area contributed by atoms with Crippen LogP contribution in [0.15, 0.2) is 48.5 Å². The van der Waals surface area contributed by atoms with Gasteiger partial charge in [0.15, 0.2) is 0 Å². The van der Waals surface area contributed by atoms with E-state index in [4.69, 9.17) is 4.74 Å². The summed E-state index contributed by atoms with van der Waals surface area (Å²) < 4.78 is 5.61. The van der Waals surface area contributed by atoms with Crippen molar-refractivity contribution in [2.75, 3.05) is 19.7 Å². The number of ether oxygens (including phenoxy) is 1. The van der Waals surface area contributed by atoms with E-state index in [0.717, 1.165) is 0 Å². The number of rotatable bonds is 3. The van der Waals surface area contributed by atoms with Crippen molar-refractivity contribution in [2.24, 2.45) is 0 Å². The van der Waals surface area contributed by atoms with Crippen LogP contribution in [0.1, 0.15) is 29.9 Å². The Morgan fingerprint density at radius 1 is 1.11 bits per heavy atom. The number of fused-ring (bicyclic) bond motifs is 3. The third kappa shape index (κ3) is 2.67. The van der Waals surface area contributed by atoms with Gasteiger partial charge >= 0.3 is 6.09 Å². The smallest absolute Gasteiger partial charge is 0.409 e. The maximum Gasteiger partial charge on any atom is 0.409 e. The first-order chi connectivity index (χ1) is 13.5. The van der Waals surface area contributed by atoms with Crippen LogP contribution in [0.2, 0.25) is 0 Å². The zero-order valence-electron chi connectivity index (χ0n) is 15.4. The van der Waals surface area contributed by atoms with Crippen molar-refractivity contribution < 1.29 is 19.4 Å². The van der Waals surface area contributed by atoms with Gasteiger partial charge < -0.3 is 20.1 Å². The first kappa shape index (κ1) is 17.3. The van der Waals surface area contributed by atoms with Crippen molar-refractivity contribution >= 4 is 12.0 Å². The average Bonchev–Trinajstić information content (AvgIpc) is 3.26. The van der Waals surface area contributed by atoms with E-state index in [-0.39, 0.29) is 37.6 Å². The molecule has 1 atom stereocenters. The van der Waals surface area contributed by atoms with E-state index in [1.807, 2.05) is 24.3 Å². The monoisotopic (exact) mass is 378 g/mol. The molecule has 2 saturated heterocycles. The van der Waals surface area contributed by atoms with Crippen molar-refractivity contribution in [3.63, 3.8) is 0 Å². The number of hydrogen-bond acceptors (Lipinski definition) is 4. The van der Waals surface area contributed by atoms with Crippen molar-refractivity contribution in [2.45, 2.75) is 30.4 Å². The minimum Gasteiger partial charge on any atom is -0.448 e. The molecule has 2 aliphatic heterocycles. The molecule has 0 bridgehead atoms. The first-order valence-corrected chi connectivity index (χ1v) is 9.67. The largest absolute Gasteiger partial charge is 0.448 e. The number of benzene rings is 2. The van der Waals surface area contributed by atoms with Crippen molar-refractivity contribution in [1.82, 2.24) is 10.2 Å². The minimum atomic E-state index is -1.04. The minimum absolute atomic E-state index is 0.0191. The number of aliphatic hydroxyl groups is 1. The van der Waals surface area contributed by atoms with E-state index in [9.17, 15) is 14.7 Å². The molecule has 0 saturated carbocycles. The molecule has 28 heavy (non-hydrogen) atoms. The summed E-state index contributed by atoms with van der Waals surface area (Å²) in [5.74, 6) is -0.0244. The van der Waals surface area contributed by atoms with Gasteiger partial charge in [-0.3, -0.25) is 4.79 Å². The highest BCUT2D eigenvalue weighted by Crippen LogP contribution is 2.44. The molecule has 0 radical (unpaired) electrons. The van der Waals surface area contributed by atoms with Gasteiger partial charge in [0, 0.05) is 12.3 Å². The normalized spacial score (nSPS) is 22.2. The molecule has 2 aromatic carbocycles. The highest BCUT2D eigenvalue weighted by atomic mass is 16.6. The third-order valence-electron chi connectivity index (χ3n) is 6.17. The molecule has 5 rings (SSSR count). The zero-order valence-corrected chi connectivity index (χ0v) is 15.4. The van der Waals surface area contributed by atoms with Crippen molar-refractivity contribution in [1.29, 1.82) is 0 Å². The van der Waals surface area contributed by atoms with Gasteiger partial charge in [0.05, 0.1) is 19.1 Å². The molecule has 2 aromatic rings. The summed E-state index contributed by atoms with van der Waals surface area (Å²) in [7, 11) is 0. The molecule has 6 heteroatoms. The van der Waals surface area contributed by atoms with E-state index in [0.29, 0.717) is 12.8 Å². The topological polar surface area (TPSA) is 78.9 Å². The molecule has 6 nitrogen and oxygen atoms in total. The molecule has 0 aromatic heterocycles. The summed E-state index contributed by atoms with van der Waals surface area (Å²) in [6.45, 7) is 0.644. The molecular formula is C22H22N2O4. The molecule has 144 valence electrons. The highest BCUT2D eigenvalue weighted by molar-refractivity contribution is 5.80. The summed E-state index contributed by atoms with van der Waals surface area (Å²) in [5.41, 5.74) is 3.68. The van der Waals surface area contributed by atoms with Gasteiger partial charge in [-0.1, -0.05) is 48.5 Å². The number of likely N-dealkylation sites (tertiary alicyclic amines) is 1. The van der Waals surface area contributed by atoms with Crippen LogP contribution < -0.4 is 5.32 Å². The van der Waals surface area contributed by atoms with Crippen LogP contribution in [0.25, 0.3) is 11.1 Å². The van der Waals surface area contributed by atoms with Crippen LogP contribution in [0.3, 0.4) is 0 Å². The number of carbonyl (C=O) groups is 2. The second kappa shape index (κ2) is 6.34. The zero-order chi connectivity index (χ0) is 19.3. The van der Waals surface area contributed by atoms with Gasteiger partial charge in [0.2, 0.25) is 5.91 Å². The van der Waals surface area contributed by atoms with Crippen LogP contribution in [0.4, 0.5) is 4.79 Å². The summed E-state index contributed by atoms with van der Waals surface area (Å²) in [4.78, 5) is 25.4. The standard InChI is InChI=1S/C22H22N2O4/c25-20-10-9-19(23-20)22(27)12-24(13-22)21(26)28-11-18-16-7-3-1-5-14(16)15-6-2-4-8-17(15)18/h1-8,18-19,27H,9-13H2,(H,23,25). The number of nitrogens with zero attached hydrogens (tertiary/aromatic N) is 1. The second-order valence-corrected chi connectivity index (χ2v) is 7.92. The lowest BCUT2D eigenvalue weighted by Gasteiger charge is -2.48. The quantitative estimate of drug-likeness (QED) is 0.859. The summed E-state index contributed by atoms with van der Waals surface area (Å²) in [6, 6.07) is 16.1. The fraction of sp³-hybridized carbons (Fsp3) is 0.364. The van der Waals surface area contributed by atoms with Gasteiger partial charge in [0.1, 0.15) is 12.2 Å². The van der Waals surface area contributed by atoms with Gasteiger partial charge in [-0.25, -0.2) is 4.79 Å². The fourth-order valence-electron chi connectivity index (χ4n) is 4.67. The lowest BCUT2D eigenvalue weighted by Crippen LogP contribution is -2.70. The predicted octanol–water partition coefficient (Wildman–Crippen LogP) is 2.26. The SMILES string of the molecule is O=C1CCC(C2(O)CN(C(=O)OCC3c4ccccc4-c4ccccc43)C2)N1. The Balaban J connectivity index is 1.24. The number of carbonyl (C=O) groups excluding carboxylic acids is 2. The molecular weight excluding hydrogens is 356 g/mol. The first-order valence-electron chi connectivity index (χ1n) is 9.67. The molecule has 1 aliphatic carbocycles. The number of β-amino-alcohol motifs (C(OH)–C–C–N with tert-alkyl or cyclic N) is 1. The van der Waals surface area contributed by atoms with Gasteiger partial charge in [-0.05, 0) is 28.7 Å². The number of hydrogen-bond donors (Lipinski definition) is 2. The highest BCUT2D eigenvalue weighted by Gasteiger charge is 2.51. The number of nitrogens with one attached hydrogen (secondary N) is 1. The van der Waals surface area contributed by atoms with Gasteiger partial charge in [0.25, 0.3) is 0 Å². The molecule has 0 spiro atoms. The Morgan fingerprint density at radius 3 is 2.29 bits per heavy atom. The maximum atomic E-state index is 12.5. The maximum absolute atomic E-state index is 12.5. The van der Waals surface area contributed by atoms with Crippen molar-refractivity contribution in [3.05, 3.63) is 59.7 Å². The molecule has 2 amide bonds. The van der Waals surface area contributed by atoms with Crippen molar-refractivity contribution in [3.8, 4) is 11.1 Å². The fourth-order valence-corrected chi connectivity index (χ4v) is 4.67. The van der Waals surface area contributed by atoms with Crippen LogP contribution in [-0.2, 0) is 9.53 Å². The van der Waals surface area contributed by atoms with E-state index in [1.165, 1.54) is 27.2 Å². The Morgan fingerprint density at radius 2 is 1.71 bits per heavy atom. The number of amides is 2. The predicted molar refractivity (Wildman–Crippen MR) is 103 cm³/mol. The lowest BCUT2D eigenvalue weighted by atomic mass is 9.85. The summed E-state index contributed by atoms with van der Waals surface area (Å²) in [5, 5.41) is 13.4. The second-order valence-electron chi connectivity index (χ2n) is 7.92. The molecule has 1 unspecified atom stereocenters. The third-order valence-corrected chi connectivity index (χ3v) is 6.17. The summed E-state index contributed by atoms with van der Waals surface area (Å²) >= 11 is 0. The van der Waals surface area contributed by atoms with E-state index in [2.05, 4.69) is 29.6 Å². The van der Waals surface area contributed by atoms with Gasteiger partial charge in [-0.2, -0.15) is 0 Å².